The van der Waals surface area contributed by atoms with Crippen LogP contribution in [0.5, 0.6) is 5.75 Å². The summed E-state index contributed by atoms with van der Waals surface area (Å²) < 4.78 is 5.70. The summed E-state index contributed by atoms with van der Waals surface area (Å²) in [5.74, 6) is -0.923. The average Bonchev–Trinajstić information content (AvgIpc) is 2.39. The first-order valence-corrected chi connectivity index (χ1v) is 6.02. The number of benzene rings is 1. The summed E-state index contributed by atoms with van der Waals surface area (Å²) in [6.07, 6.45) is 1.07. The lowest BCUT2D eigenvalue weighted by molar-refractivity contribution is 0.0685. The number of ether oxygens (including phenoxy) is 1. The molecule has 1 aromatic carbocycles. The van der Waals surface area contributed by atoms with Crippen molar-refractivity contribution in [1.82, 2.24) is 0 Å². The Morgan fingerprint density at radius 1 is 1.39 bits per heavy atom. The van der Waals surface area contributed by atoms with Gasteiger partial charge in [0.2, 0.25) is 0 Å². The minimum absolute atomic E-state index is 0.128. The maximum Gasteiger partial charge on any atom is 0.339 e. The molecule has 0 heterocycles. The third-order valence-electron chi connectivity index (χ3n) is 2.85. The fraction of sp³-hybridized carbons (Fsp3) is 0.429. The highest BCUT2D eigenvalue weighted by molar-refractivity contribution is 5.90. The molecule has 0 fully saturated rings. The molecule has 4 heteroatoms. The molecule has 0 bridgehead atoms. The molecule has 1 rings (SSSR count). The molecule has 0 radical (unpaired) electrons. The Morgan fingerprint density at radius 3 is 2.56 bits per heavy atom. The summed E-state index contributed by atoms with van der Waals surface area (Å²) in [5.41, 5.74) is 0.128. The van der Waals surface area contributed by atoms with Crippen LogP contribution in [0.1, 0.15) is 37.0 Å². The van der Waals surface area contributed by atoms with E-state index in [1.807, 2.05) is 13.8 Å². The molecule has 0 spiro atoms. The maximum absolute atomic E-state index is 11.1. The van der Waals surface area contributed by atoms with Crippen LogP contribution in [0.15, 0.2) is 24.3 Å². The number of hydrogen-bond acceptors (Lipinski definition) is 3. The first-order valence-electron chi connectivity index (χ1n) is 6.02. The van der Waals surface area contributed by atoms with Gasteiger partial charge in [-0.05, 0) is 25.0 Å². The Kier molecular flexibility index (Phi) is 5.19. The van der Waals surface area contributed by atoms with Crippen molar-refractivity contribution in [1.29, 1.82) is 5.26 Å². The van der Waals surface area contributed by atoms with E-state index in [1.54, 1.807) is 18.2 Å². The van der Waals surface area contributed by atoms with E-state index in [1.165, 1.54) is 6.07 Å². The number of nitrogens with zero attached hydrogens (tertiary/aromatic N) is 1. The zero-order chi connectivity index (χ0) is 13.5. The molecule has 0 aliphatic carbocycles. The summed E-state index contributed by atoms with van der Waals surface area (Å²) >= 11 is 0. The second kappa shape index (κ2) is 6.65. The first-order chi connectivity index (χ1) is 8.63. The Hall–Kier alpha value is -2.02. The van der Waals surface area contributed by atoms with E-state index in [9.17, 15) is 4.79 Å². The van der Waals surface area contributed by atoms with Gasteiger partial charge in [0.15, 0.2) is 0 Å². The standard InChI is InChI=1S/C14H17NO3/c1-3-10(9-15)12(4-2)18-13-8-6-5-7-11(13)14(16)17/h5-8,10,12H,3-4H2,1-2H3,(H,16,17). The third-order valence-corrected chi connectivity index (χ3v) is 2.85. The van der Waals surface area contributed by atoms with Gasteiger partial charge in [0, 0.05) is 0 Å². The third kappa shape index (κ3) is 3.24. The molecule has 2 unspecified atom stereocenters. The molecule has 96 valence electrons. The fourth-order valence-electron chi connectivity index (χ4n) is 1.80. The van der Waals surface area contributed by atoms with Gasteiger partial charge in [0.1, 0.15) is 17.4 Å². The maximum atomic E-state index is 11.1. The first kappa shape index (κ1) is 14.0. The summed E-state index contributed by atoms with van der Waals surface area (Å²) in [6, 6.07) is 8.69. The van der Waals surface area contributed by atoms with Crippen molar-refractivity contribution in [2.24, 2.45) is 5.92 Å². The Labute approximate surface area is 107 Å². The van der Waals surface area contributed by atoms with Crippen LogP contribution in [-0.2, 0) is 0 Å². The van der Waals surface area contributed by atoms with Gasteiger partial charge in [-0.15, -0.1) is 0 Å². The second-order valence-electron chi connectivity index (χ2n) is 4.01. The van der Waals surface area contributed by atoms with Crippen LogP contribution < -0.4 is 4.74 Å². The van der Waals surface area contributed by atoms with E-state index in [2.05, 4.69) is 6.07 Å². The van der Waals surface area contributed by atoms with Crippen LogP contribution in [0.25, 0.3) is 0 Å². The van der Waals surface area contributed by atoms with Crippen molar-refractivity contribution in [3.63, 3.8) is 0 Å². The summed E-state index contributed by atoms with van der Waals surface area (Å²) in [5, 5.41) is 18.1. The smallest absolute Gasteiger partial charge is 0.339 e. The summed E-state index contributed by atoms with van der Waals surface area (Å²) in [4.78, 5) is 11.1. The van der Waals surface area contributed by atoms with Crippen LogP contribution in [0, 0.1) is 17.2 Å². The van der Waals surface area contributed by atoms with Crippen LogP contribution in [0.3, 0.4) is 0 Å². The van der Waals surface area contributed by atoms with Gasteiger partial charge in [-0.2, -0.15) is 5.26 Å². The molecule has 0 aliphatic rings. The van der Waals surface area contributed by atoms with Gasteiger partial charge >= 0.3 is 5.97 Å². The van der Waals surface area contributed by atoms with E-state index in [-0.39, 0.29) is 17.6 Å². The van der Waals surface area contributed by atoms with Gasteiger partial charge in [0.25, 0.3) is 0 Å². The van der Waals surface area contributed by atoms with Gasteiger partial charge in [-0.1, -0.05) is 26.0 Å². The molecule has 0 saturated carbocycles. The van der Waals surface area contributed by atoms with Gasteiger partial charge < -0.3 is 9.84 Å². The topological polar surface area (TPSA) is 70.3 Å². The minimum atomic E-state index is -1.02. The SMILES string of the molecule is CCC(C#N)C(CC)Oc1ccccc1C(=O)O. The van der Waals surface area contributed by atoms with Crippen molar-refractivity contribution in [3.8, 4) is 11.8 Å². The lowest BCUT2D eigenvalue weighted by atomic mass is 9.99. The van der Waals surface area contributed by atoms with E-state index in [0.717, 1.165) is 0 Å². The molecular weight excluding hydrogens is 230 g/mol. The Morgan fingerprint density at radius 2 is 2.06 bits per heavy atom. The van der Waals surface area contributed by atoms with Crippen molar-refractivity contribution < 1.29 is 14.6 Å². The Balaban J connectivity index is 2.95. The van der Waals surface area contributed by atoms with Crippen molar-refractivity contribution >= 4 is 5.97 Å². The molecule has 18 heavy (non-hydrogen) atoms. The van der Waals surface area contributed by atoms with Crippen molar-refractivity contribution in [2.75, 3.05) is 0 Å². The average molecular weight is 247 g/mol. The lowest BCUT2D eigenvalue weighted by Crippen LogP contribution is -2.25. The normalized spacial score (nSPS) is 13.4. The second-order valence-corrected chi connectivity index (χ2v) is 4.01. The lowest BCUT2D eigenvalue weighted by Gasteiger charge is -2.22. The monoisotopic (exact) mass is 247 g/mol. The molecule has 0 saturated heterocycles. The molecule has 4 nitrogen and oxygen atoms in total. The summed E-state index contributed by atoms with van der Waals surface area (Å²) in [7, 11) is 0. The summed E-state index contributed by atoms with van der Waals surface area (Å²) in [6.45, 7) is 3.84. The van der Waals surface area contributed by atoms with E-state index < -0.39 is 5.97 Å². The molecule has 0 aliphatic heterocycles. The number of para-hydroxylation sites is 1. The van der Waals surface area contributed by atoms with Gasteiger partial charge in [0.05, 0.1) is 12.0 Å². The van der Waals surface area contributed by atoms with E-state index in [4.69, 9.17) is 15.1 Å². The van der Waals surface area contributed by atoms with E-state index >= 15 is 0 Å². The van der Waals surface area contributed by atoms with Crippen LogP contribution in [-0.4, -0.2) is 17.2 Å². The number of aromatic carboxylic acids is 1. The molecule has 1 N–H and O–H groups in total. The molecular formula is C14H17NO3. The van der Waals surface area contributed by atoms with Gasteiger partial charge in [-0.3, -0.25) is 0 Å². The zero-order valence-electron chi connectivity index (χ0n) is 10.6. The van der Waals surface area contributed by atoms with E-state index in [0.29, 0.717) is 18.6 Å². The molecule has 1 aromatic rings. The van der Waals surface area contributed by atoms with Crippen molar-refractivity contribution in [3.05, 3.63) is 29.8 Å². The fourth-order valence-corrected chi connectivity index (χ4v) is 1.80. The van der Waals surface area contributed by atoms with Crippen molar-refractivity contribution in [2.45, 2.75) is 32.8 Å². The number of carboxylic acids is 1. The number of rotatable bonds is 6. The molecule has 0 amide bonds. The molecule has 2 atom stereocenters. The largest absolute Gasteiger partial charge is 0.488 e. The number of hydrogen-bond donors (Lipinski definition) is 1. The quantitative estimate of drug-likeness (QED) is 0.838. The number of carbonyl (C=O) groups is 1. The Bertz CT molecular complexity index is 451. The number of carboxylic acid groups (broad SMARTS) is 1. The number of nitriles is 1. The van der Waals surface area contributed by atoms with Gasteiger partial charge in [-0.25, -0.2) is 4.79 Å². The van der Waals surface area contributed by atoms with Crippen LogP contribution in [0.2, 0.25) is 0 Å². The minimum Gasteiger partial charge on any atom is -0.488 e. The molecule has 0 aromatic heterocycles. The van der Waals surface area contributed by atoms with Crippen LogP contribution >= 0.6 is 0 Å². The predicted octanol–water partition coefficient (Wildman–Crippen LogP) is 3.09. The highest BCUT2D eigenvalue weighted by Gasteiger charge is 2.21. The highest BCUT2D eigenvalue weighted by Crippen LogP contribution is 2.23. The highest BCUT2D eigenvalue weighted by atomic mass is 16.5. The zero-order valence-corrected chi connectivity index (χ0v) is 10.6. The predicted molar refractivity (Wildman–Crippen MR) is 67.5 cm³/mol. The van der Waals surface area contributed by atoms with Crippen LogP contribution in [0.4, 0.5) is 0 Å².